The molecule has 2 atom stereocenters. The van der Waals surface area contributed by atoms with Gasteiger partial charge in [-0.2, -0.15) is 0 Å². The van der Waals surface area contributed by atoms with Crippen LogP contribution in [0.25, 0.3) is 0 Å². The summed E-state index contributed by atoms with van der Waals surface area (Å²) in [6.07, 6.45) is 0.380. The number of methoxy groups -OCH3 is 1. The second-order valence-electron chi connectivity index (χ2n) is 6.43. The van der Waals surface area contributed by atoms with E-state index in [0.29, 0.717) is 6.54 Å². The number of hydrogen-bond donors (Lipinski definition) is 2. The maximum atomic E-state index is 10.2. The minimum Gasteiger partial charge on any atom is -0.497 e. The molecule has 0 fully saturated rings. The van der Waals surface area contributed by atoms with Gasteiger partial charge in [0.2, 0.25) is 0 Å². The molecule has 25 heavy (non-hydrogen) atoms. The second kappa shape index (κ2) is 9.44. The van der Waals surface area contributed by atoms with Crippen molar-refractivity contribution in [2.45, 2.75) is 39.3 Å². The van der Waals surface area contributed by atoms with Gasteiger partial charge in [0, 0.05) is 12.6 Å². The molecule has 0 amide bonds. The summed E-state index contributed by atoms with van der Waals surface area (Å²) >= 11 is 0. The van der Waals surface area contributed by atoms with Crippen LogP contribution in [-0.2, 0) is 0 Å². The maximum Gasteiger partial charge on any atom is 0.119 e. The van der Waals surface area contributed by atoms with Gasteiger partial charge in [-0.25, -0.2) is 0 Å². The third-order valence-electron chi connectivity index (χ3n) is 4.16. The van der Waals surface area contributed by atoms with Crippen molar-refractivity contribution in [2.24, 2.45) is 0 Å². The van der Waals surface area contributed by atoms with Gasteiger partial charge in [0.05, 0.1) is 7.11 Å². The molecule has 0 aliphatic heterocycles. The Kier molecular flexibility index (Phi) is 7.29. The van der Waals surface area contributed by atoms with Crippen LogP contribution in [0.15, 0.2) is 42.5 Å². The van der Waals surface area contributed by atoms with Crippen molar-refractivity contribution < 1.29 is 14.6 Å². The Morgan fingerprint density at radius 2 is 1.64 bits per heavy atom. The first-order valence-corrected chi connectivity index (χ1v) is 8.78. The summed E-state index contributed by atoms with van der Waals surface area (Å²) < 4.78 is 10.9. The predicted molar refractivity (Wildman–Crippen MR) is 101 cm³/mol. The molecule has 0 aliphatic rings. The monoisotopic (exact) mass is 343 g/mol. The second-order valence-corrected chi connectivity index (χ2v) is 6.43. The predicted octanol–water partition coefficient (Wildman–Crippen LogP) is 3.79. The van der Waals surface area contributed by atoms with Crippen LogP contribution in [0.5, 0.6) is 11.5 Å². The van der Waals surface area contributed by atoms with Gasteiger partial charge >= 0.3 is 0 Å². The molecular weight excluding hydrogens is 314 g/mol. The molecule has 0 bridgehead atoms. The lowest BCUT2D eigenvalue weighted by Gasteiger charge is -2.20. The topological polar surface area (TPSA) is 50.7 Å². The highest BCUT2D eigenvalue weighted by molar-refractivity contribution is 5.33. The van der Waals surface area contributed by atoms with Gasteiger partial charge in [-0.1, -0.05) is 25.1 Å². The van der Waals surface area contributed by atoms with Gasteiger partial charge in [0.1, 0.15) is 24.2 Å². The Morgan fingerprint density at radius 1 is 1.00 bits per heavy atom. The van der Waals surface area contributed by atoms with Crippen LogP contribution in [0.1, 0.15) is 36.1 Å². The average Bonchev–Trinajstić information content (AvgIpc) is 2.60. The molecule has 0 spiro atoms. The zero-order chi connectivity index (χ0) is 18.2. The van der Waals surface area contributed by atoms with Crippen molar-refractivity contribution in [3.05, 3.63) is 59.2 Å². The van der Waals surface area contributed by atoms with Crippen LogP contribution in [-0.4, -0.2) is 31.5 Å². The van der Waals surface area contributed by atoms with E-state index in [1.807, 2.05) is 38.1 Å². The first-order chi connectivity index (χ1) is 12.0. The highest BCUT2D eigenvalue weighted by atomic mass is 16.5. The number of ether oxygens (including phenoxy) is 2. The number of nitrogens with one attached hydrogen (secondary N) is 1. The summed E-state index contributed by atoms with van der Waals surface area (Å²) in [5.41, 5.74) is 3.51. The van der Waals surface area contributed by atoms with Crippen LogP contribution in [0.3, 0.4) is 0 Å². The Labute approximate surface area is 150 Å². The van der Waals surface area contributed by atoms with E-state index in [1.165, 1.54) is 5.56 Å². The molecule has 2 aromatic carbocycles. The summed E-state index contributed by atoms with van der Waals surface area (Å²) in [7, 11) is 1.66. The third-order valence-corrected chi connectivity index (χ3v) is 4.16. The molecule has 0 saturated carbocycles. The average molecular weight is 343 g/mol. The maximum absolute atomic E-state index is 10.2. The van der Waals surface area contributed by atoms with E-state index in [9.17, 15) is 5.11 Å². The van der Waals surface area contributed by atoms with E-state index in [0.717, 1.165) is 29.0 Å². The standard InChI is InChI=1S/C21H29NO3/c1-5-21(17-6-8-19(24-4)9-7-17)22-13-18(23)14-25-20-11-15(2)10-16(3)12-20/h6-12,18,21-23H,5,13-14H2,1-4H3. The normalized spacial score (nSPS) is 13.3. The summed E-state index contributed by atoms with van der Waals surface area (Å²) in [4.78, 5) is 0. The van der Waals surface area contributed by atoms with E-state index in [4.69, 9.17) is 9.47 Å². The van der Waals surface area contributed by atoms with E-state index in [2.05, 4.69) is 30.4 Å². The van der Waals surface area contributed by atoms with Gasteiger partial charge < -0.3 is 19.9 Å². The number of hydrogen-bond acceptors (Lipinski definition) is 4. The zero-order valence-corrected chi connectivity index (χ0v) is 15.6. The first kappa shape index (κ1) is 19.3. The molecule has 136 valence electrons. The van der Waals surface area contributed by atoms with Crippen molar-refractivity contribution >= 4 is 0 Å². The number of rotatable bonds is 9. The molecule has 0 aliphatic carbocycles. The fourth-order valence-electron chi connectivity index (χ4n) is 2.88. The molecule has 2 unspecified atom stereocenters. The molecule has 0 heterocycles. The molecule has 4 nitrogen and oxygen atoms in total. The van der Waals surface area contributed by atoms with E-state index in [1.54, 1.807) is 7.11 Å². The fourth-order valence-corrected chi connectivity index (χ4v) is 2.88. The van der Waals surface area contributed by atoms with Gasteiger partial charge in [0.25, 0.3) is 0 Å². The Bertz CT molecular complexity index is 634. The van der Waals surface area contributed by atoms with Crippen molar-refractivity contribution in [1.82, 2.24) is 5.32 Å². The van der Waals surface area contributed by atoms with Crippen molar-refractivity contribution in [1.29, 1.82) is 0 Å². The molecular formula is C21H29NO3. The number of aryl methyl sites for hydroxylation is 2. The third kappa shape index (κ3) is 6.07. The minimum atomic E-state index is -0.562. The minimum absolute atomic E-state index is 0.196. The quantitative estimate of drug-likeness (QED) is 0.727. The Balaban J connectivity index is 1.83. The molecule has 0 saturated heterocycles. The molecule has 2 rings (SSSR count). The number of benzene rings is 2. The molecule has 0 radical (unpaired) electrons. The van der Waals surface area contributed by atoms with Gasteiger partial charge in [-0.3, -0.25) is 0 Å². The van der Waals surface area contributed by atoms with E-state index >= 15 is 0 Å². The smallest absolute Gasteiger partial charge is 0.119 e. The van der Waals surface area contributed by atoms with Gasteiger partial charge in [0.15, 0.2) is 0 Å². The van der Waals surface area contributed by atoms with E-state index in [-0.39, 0.29) is 12.6 Å². The van der Waals surface area contributed by atoms with Crippen LogP contribution in [0, 0.1) is 13.8 Å². The lowest BCUT2D eigenvalue weighted by atomic mass is 10.0. The molecule has 2 aromatic rings. The van der Waals surface area contributed by atoms with Gasteiger partial charge in [-0.05, 0) is 61.2 Å². The van der Waals surface area contributed by atoms with Gasteiger partial charge in [-0.15, -0.1) is 0 Å². The van der Waals surface area contributed by atoms with Crippen molar-refractivity contribution in [3.8, 4) is 11.5 Å². The highest BCUT2D eigenvalue weighted by Gasteiger charge is 2.12. The Morgan fingerprint density at radius 3 is 2.20 bits per heavy atom. The summed E-state index contributed by atoms with van der Waals surface area (Å²) in [6, 6.07) is 14.3. The van der Waals surface area contributed by atoms with E-state index < -0.39 is 6.10 Å². The Hall–Kier alpha value is -2.04. The SMILES string of the molecule is CCC(NCC(O)COc1cc(C)cc(C)c1)c1ccc(OC)cc1. The van der Waals surface area contributed by atoms with Crippen molar-refractivity contribution in [3.63, 3.8) is 0 Å². The number of aliphatic hydroxyl groups excluding tert-OH is 1. The lowest BCUT2D eigenvalue weighted by molar-refractivity contribution is 0.103. The zero-order valence-electron chi connectivity index (χ0n) is 15.6. The lowest BCUT2D eigenvalue weighted by Crippen LogP contribution is -2.33. The van der Waals surface area contributed by atoms with Crippen LogP contribution >= 0.6 is 0 Å². The molecule has 4 heteroatoms. The summed E-state index contributed by atoms with van der Waals surface area (Å²) in [6.45, 7) is 6.96. The largest absolute Gasteiger partial charge is 0.497 e. The number of aliphatic hydroxyl groups is 1. The van der Waals surface area contributed by atoms with Crippen LogP contribution in [0.2, 0.25) is 0 Å². The fraction of sp³-hybridized carbons (Fsp3) is 0.429. The van der Waals surface area contributed by atoms with Crippen LogP contribution < -0.4 is 14.8 Å². The summed E-state index contributed by atoms with van der Waals surface area (Å²) in [5, 5.41) is 13.6. The van der Waals surface area contributed by atoms with Crippen molar-refractivity contribution in [2.75, 3.05) is 20.3 Å². The summed E-state index contributed by atoms with van der Waals surface area (Å²) in [5.74, 6) is 1.65. The highest BCUT2D eigenvalue weighted by Crippen LogP contribution is 2.20. The first-order valence-electron chi connectivity index (χ1n) is 8.78. The molecule has 0 aromatic heterocycles. The van der Waals surface area contributed by atoms with Crippen LogP contribution in [0.4, 0.5) is 0 Å². The molecule has 2 N–H and O–H groups in total.